The largest absolute Gasteiger partial charge is 0.481 e. The van der Waals surface area contributed by atoms with E-state index in [0.29, 0.717) is 11.8 Å². The smallest absolute Gasteiger partial charge is 0.212 e. The second-order valence-corrected chi connectivity index (χ2v) is 3.50. The Morgan fingerprint density at radius 3 is 2.79 bits per heavy atom. The van der Waals surface area contributed by atoms with Crippen LogP contribution in [0.4, 0.5) is 0 Å². The Kier molecular flexibility index (Phi) is 2.65. The summed E-state index contributed by atoms with van der Waals surface area (Å²) < 4.78 is 4.94. The summed E-state index contributed by atoms with van der Waals surface area (Å²) in [6.07, 6.45) is 1.26. The van der Waals surface area contributed by atoms with Crippen LogP contribution in [0.2, 0.25) is 0 Å². The van der Waals surface area contributed by atoms with Crippen molar-refractivity contribution in [3.63, 3.8) is 0 Å². The molecule has 0 aliphatic carbocycles. The van der Waals surface area contributed by atoms with Crippen molar-refractivity contribution in [3.8, 4) is 5.88 Å². The van der Waals surface area contributed by atoms with Crippen molar-refractivity contribution in [2.75, 3.05) is 20.2 Å². The molecule has 4 heteroatoms. The predicted molar refractivity (Wildman–Crippen MR) is 52.1 cm³/mol. The van der Waals surface area contributed by atoms with Crippen molar-refractivity contribution in [1.82, 2.24) is 10.3 Å². The van der Waals surface area contributed by atoms with Gasteiger partial charge in [0, 0.05) is 31.3 Å². The van der Waals surface area contributed by atoms with E-state index in [9.17, 15) is 5.11 Å². The highest BCUT2D eigenvalue weighted by Crippen LogP contribution is 2.24. The second kappa shape index (κ2) is 3.94. The van der Waals surface area contributed by atoms with Crippen LogP contribution in [-0.2, 0) is 0 Å². The minimum absolute atomic E-state index is 0.324. The number of nitrogens with zero attached hydrogens (tertiary/aromatic N) is 1. The van der Waals surface area contributed by atoms with Gasteiger partial charge in [0.25, 0.3) is 0 Å². The Morgan fingerprint density at radius 2 is 2.36 bits per heavy atom. The summed E-state index contributed by atoms with van der Waals surface area (Å²) in [4.78, 5) is 4.06. The van der Waals surface area contributed by atoms with Crippen LogP contribution >= 0.6 is 0 Å². The van der Waals surface area contributed by atoms with Gasteiger partial charge in [-0.2, -0.15) is 0 Å². The van der Waals surface area contributed by atoms with Crippen LogP contribution in [0, 0.1) is 5.92 Å². The predicted octanol–water partition coefficient (Wildman–Crippen LogP) is 0.343. The molecule has 0 amide bonds. The molecule has 1 saturated heterocycles. The van der Waals surface area contributed by atoms with Gasteiger partial charge in [-0.3, -0.25) is 0 Å². The van der Waals surface area contributed by atoms with E-state index in [-0.39, 0.29) is 0 Å². The van der Waals surface area contributed by atoms with Crippen LogP contribution in [0.15, 0.2) is 18.3 Å². The highest BCUT2D eigenvalue weighted by Gasteiger charge is 2.26. The molecule has 0 bridgehead atoms. The second-order valence-electron chi connectivity index (χ2n) is 3.50. The Hall–Kier alpha value is -1.13. The molecule has 76 valence electrons. The fourth-order valence-corrected chi connectivity index (χ4v) is 1.49. The standard InChI is InChI=1S/C10H14N2O2/c1-14-9-3-2-7(6-12-9)10(13)8-4-11-5-8/h2-3,6,8,10-11,13H,4-5H2,1H3. The SMILES string of the molecule is COc1ccc(C(O)C2CNC2)cn1. The third-order valence-corrected chi connectivity index (χ3v) is 2.57. The van der Waals surface area contributed by atoms with Gasteiger partial charge in [0.1, 0.15) is 0 Å². The van der Waals surface area contributed by atoms with Gasteiger partial charge >= 0.3 is 0 Å². The summed E-state index contributed by atoms with van der Waals surface area (Å²) >= 11 is 0. The molecule has 1 aromatic heterocycles. The van der Waals surface area contributed by atoms with E-state index < -0.39 is 6.10 Å². The first-order valence-corrected chi connectivity index (χ1v) is 4.70. The Morgan fingerprint density at radius 1 is 1.57 bits per heavy atom. The van der Waals surface area contributed by atoms with Crippen molar-refractivity contribution >= 4 is 0 Å². The van der Waals surface area contributed by atoms with Crippen molar-refractivity contribution in [3.05, 3.63) is 23.9 Å². The lowest BCUT2D eigenvalue weighted by Gasteiger charge is -2.31. The molecule has 1 unspecified atom stereocenters. The van der Waals surface area contributed by atoms with E-state index in [1.807, 2.05) is 6.07 Å². The normalized spacial score (nSPS) is 18.7. The van der Waals surface area contributed by atoms with Crippen LogP contribution in [0.5, 0.6) is 5.88 Å². The molecule has 2 heterocycles. The number of aliphatic hydroxyl groups excluding tert-OH is 1. The Labute approximate surface area is 82.9 Å². The van der Waals surface area contributed by atoms with E-state index in [1.54, 1.807) is 19.4 Å². The fraction of sp³-hybridized carbons (Fsp3) is 0.500. The van der Waals surface area contributed by atoms with Crippen LogP contribution in [-0.4, -0.2) is 30.3 Å². The zero-order valence-electron chi connectivity index (χ0n) is 8.10. The summed E-state index contributed by atoms with van der Waals surface area (Å²) in [5.74, 6) is 0.901. The van der Waals surface area contributed by atoms with E-state index in [2.05, 4.69) is 10.3 Å². The summed E-state index contributed by atoms with van der Waals surface area (Å²) in [7, 11) is 1.58. The number of rotatable bonds is 3. The third-order valence-electron chi connectivity index (χ3n) is 2.57. The molecule has 0 spiro atoms. The number of nitrogens with one attached hydrogen (secondary N) is 1. The number of ether oxygens (including phenoxy) is 1. The molecule has 14 heavy (non-hydrogen) atoms. The molecule has 4 nitrogen and oxygen atoms in total. The quantitative estimate of drug-likeness (QED) is 0.728. The van der Waals surface area contributed by atoms with Crippen molar-refractivity contribution in [2.24, 2.45) is 5.92 Å². The molecule has 2 N–H and O–H groups in total. The molecule has 0 saturated carbocycles. The van der Waals surface area contributed by atoms with Gasteiger partial charge in [0.2, 0.25) is 5.88 Å². The summed E-state index contributed by atoms with van der Waals surface area (Å²) in [6.45, 7) is 1.76. The van der Waals surface area contributed by atoms with Gasteiger partial charge in [-0.1, -0.05) is 0 Å². The molecule has 1 aliphatic heterocycles. The number of aromatic nitrogens is 1. The van der Waals surface area contributed by atoms with Crippen molar-refractivity contribution < 1.29 is 9.84 Å². The topological polar surface area (TPSA) is 54.4 Å². The minimum Gasteiger partial charge on any atom is -0.481 e. The lowest BCUT2D eigenvalue weighted by atomic mass is 9.92. The van der Waals surface area contributed by atoms with Gasteiger partial charge in [0.15, 0.2) is 0 Å². The number of hydrogen-bond donors (Lipinski definition) is 2. The highest BCUT2D eigenvalue weighted by molar-refractivity contribution is 5.20. The molecular weight excluding hydrogens is 180 g/mol. The molecule has 2 rings (SSSR count). The number of hydrogen-bond acceptors (Lipinski definition) is 4. The molecular formula is C10H14N2O2. The van der Waals surface area contributed by atoms with Gasteiger partial charge in [-0.05, 0) is 11.6 Å². The van der Waals surface area contributed by atoms with Crippen LogP contribution in [0.25, 0.3) is 0 Å². The maximum absolute atomic E-state index is 9.88. The first-order chi connectivity index (χ1) is 6.81. The summed E-state index contributed by atoms with van der Waals surface area (Å²) in [5, 5.41) is 13.0. The van der Waals surface area contributed by atoms with Gasteiger partial charge in [0.05, 0.1) is 13.2 Å². The van der Waals surface area contributed by atoms with Crippen molar-refractivity contribution in [1.29, 1.82) is 0 Å². The summed E-state index contributed by atoms with van der Waals surface area (Å²) in [5.41, 5.74) is 0.859. The van der Waals surface area contributed by atoms with Crippen LogP contribution in [0.3, 0.4) is 0 Å². The van der Waals surface area contributed by atoms with E-state index in [4.69, 9.17) is 4.74 Å². The lowest BCUT2D eigenvalue weighted by Crippen LogP contribution is -2.45. The molecule has 0 radical (unpaired) electrons. The van der Waals surface area contributed by atoms with Gasteiger partial charge < -0.3 is 15.2 Å². The lowest BCUT2D eigenvalue weighted by molar-refractivity contribution is 0.0763. The first-order valence-electron chi connectivity index (χ1n) is 4.70. The maximum atomic E-state index is 9.88. The zero-order chi connectivity index (χ0) is 9.97. The van der Waals surface area contributed by atoms with Crippen LogP contribution < -0.4 is 10.1 Å². The molecule has 1 atom stereocenters. The number of methoxy groups -OCH3 is 1. The number of aliphatic hydroxyl groups is 1. The maximum Gasteiger partial charge on any atom is 0.212 e. The minimum atomic E-state index is -0.408. The average molecular weight is 194 g/mol. The first kappa shape index (κ1) is 9.43. The Balaban J connectivity index is 2.07. The highest BCUT2D eigenvalue weighted by atomic mass is 16.5. The fourth-order valence-electron chi connectivity index (χ4n) is 1.49. The van der Waals surface area contributed by atoms with Crippen LogP contribution in [0.1, 0.15) is 11.7 Å². The van der Waals surface area contributed by atoms with Gasteiger partial charge in [-0.15, -0.1) is 0 Å². The van der Waals surface area contributed by atoms with Crippen molar-refractivity contribution in [2.45, 2.75) is 6.10 Å². The van der Waals surface area contributed by atoms with E-state index in [1.165, 1.54) is 0 Å². The molecule has 1 aliphatic rings. The third kappa shape index (κ3) is 1.71. The average Bonchev–Trinajstić information content (AvgIpc) is 2.15. The zero-order valence-corrected chi connectivity index (χ0v) is 8.10. The van der Waals surface area contributed by atoms with Gasteiger partial charge in [-0.25, -0.2) is 4.98 Å². The molecule has 1 fully saturated rings. The summed E-state index contributed by atoms with van der Waals surface area (Å²) in [6, 6.07) is 3.62. The molecule has 0 aromatic carbocycles. The monoisotopic (exact) mass is 194 g/mol. The number of pyridine rings is 1. The Bertz CT molecular complexity index is 295. The van der Waals surface area contributed by atoms with E-state index >= 15 is 0 Å². The molecule has 1 aromatic rings. The van der Waals surface area contributed by atoms with E-state index in [0.717, 1.165) is 18.7 Å².